The van der Waals surface area contributed by atoms with Crippen LogP contribution in [0.15, 0.2) is 31.8 Å². The van der Waals surface area contributed by atoms with Gasteiger partial charge in [0.2, 0.25) is 0 Å². The van der Waals surface area contributed by atoms with Gasteiger partial charge in [-0.05, 0) is 61.0 Å². The molecular formula is C11H7Br2Cl2NS. The SMILES string of the molecule is Clc1c(Br)ccc(NCc2csc(Br)c2)c1Cl. The quantitative estimate of drug-likeness (QED) is 0.589. The standard InChI is InChI=1S/C11H7Br2Cl2NS/c12-7-1-2-8(11(15)10(7)14)16-4-6-3-9(13)17-5-6/h1-3,5,16H,4H2. The molecule has 1 aromatic carbocycles. The first kappa shape index (κ1) is 13.7. The Kier molecular flexibility index (Phi) is 4.78. The van der Waals surface area contributed by atoms with E-state index in [4.69, 9.17) is 23.2 Å². The van der Waals surface area contributed by atoms with Gasteiger partial charge >= 0.3 is 0 Å². The summed E-state index contributed by atoms with van der Waals surface area (Å²) >= 11 is 20.6. The van der Waals surface area contributed by atoms with Gasteiger partial charge in [0.1, 0.15) is 0 Å². The molecule has 0 unspecified atom stereocenters. The van der Waals surface area contributed by atoms with Crippen LogP contribution in [0.3, 0.4) is 0 Å². The second-order valence-electron chi connectivity index (χ2n) is 3.34. The highest BCUT2D eigenvalue weighted by Gasteiger charge is 2.08. The van der Waals surface area contributed by atoms with Crippen molar-refractivity contribution in [3.63, 3.8) is 0 Å². The highest BCUT2D eigenvalue weighted by molar-refractivity contribution is 9.11. The maximum absolute atomic E-state index is 6.14. The summed E-state index contributed by atoms with van der Waals surface area (Å²) in [6.45, 7) is 0.722. The zero-order valence-corrected chi connectivity index (χ0v) is 13.9. The molecule has 1 N–H and O–H groups in total. The first-order valence-corrected chi connectivity index (χ1v) is 7.90. The summed E-state index contributed by atoms with van der Waals surface area (Å²) in [5.74, 6) is 0. The Morgan fingerprint density at radius 3 is 2.59 bits per heavy atom. The van der Waals surface area contributed by atoms with E-state index in [9.17, 15) is 0 Å². The van der Waals surface area contributed by atoms with E-state index in [0.717, 1.165) is 20.5 Å². The number of rotatable bonds is 3. The molecule has 0 fully saturated rings. The number of hydrogen-bond donors (Lipinski definition) is 1. The highest BCUT2D eigenvalue weighted by Crippen LogP contribution is 2.36. The van der Waals surface area contributed by atoms with Crippen molar-refractivity contribution in [3.8, 4) is 0 Å². The molecule has 1 aromatic heterocycles. The van der Waals surface area contributed by atoms with Crippen LogP contribution in [0.1, 0.15) is 5.56 Å². The van der Waals surface area contributed by atoms with Gasteiger partial charge in [-0.25, -0.2) is 0 Å². The molecule has 0 bridgehead atoms. The number of halogens is 4. The van der Waals surface area contributed by atoms with Crippen molar-refractivity contribution in [2.24, 2.45) is 0 Å². The Bertz CT molecular complexity index is 542. The lowest BCUT2D eigenvalue weighted by Gasteiger charge is -2.09. The Morgan fingerprint density at radius 1 is 1.18 bits per heavy atom. The van der Waals surface area contributed by atoms with Crippen molar-refractivity contribution in [1.82, 2.24) is 0 Å². The number of benzene rings is 1. The van der Waals surface area contributed by atoms with E-state index >= 15 is 0 Å². The number of nitrogens with one attached hydrogen (secondary N) is 1. The van der Waals surface area contributed by atoms with Crippen molar-refractivity contribution in [2.75, 3.05) is 5.32 Å². The lowest BCUT2D eigenvalue weighted by molar-refractivity contribution is 1.16. The minimum Gasteiger partial charge on any atom is -0.380 e. The molecule has 0 radical (unpaired) electrons. The summed E-state index contributed by atoms with van der Waals surface area (Å²) in [4.78, 5) is 0. The minimum atomic E-state index is 0.531. The van der Waals surface area contributed by atoms with Gasteiger partial charge in [-0.3, -0.25) is 0 Å². The first-order valence-electron chi connectivity index (χ1n) is 4.68. The number of anilines is 1. The van der Waals surface area contributed by atoms with Gasteiger partial charge in [0.15, 0.2) is 0 Å². The Morgan fingerprint density at radius 2 is 1.94 bits per heavy atom. The number of hydrogen-bond acceptors (Lipinski definition) is 2. The second-order valence-corrected chi connectivity index (χ2v) is 7.24. The van der Waals surface area contributed by atoms with Crippen LogP contribution in [0.25, 0.3) is 0 Å². The molecule has 2 rings (SSSR count). The predicted octanol–water partition coefficient (Wildman–Crippen LogP) is 6.19. The molecule has 0 aliphatic carbocycles. The molecular weight excluding hydrogens is 409 g/mol. The van der Waals surface area contributed by atoms with E-state index in [1.54, 1.807) is 11.3 Å². The van der Waals surface area contributed by atoms with Crippen LogP contribution in [0.2, 0.25) is 10.0 Å². The van der Waals surface area contributed by atoms with Crippen molar-refractivity contribution in [1.29, 1.82) is 0 Å². The molecule has 0 saturated heterocycles. The minimum absolute atomic E-state index is 0.531. The fourth-order valence-electron chi connectivity index (χ4n) is 1.30. The van der Waals surface area contributed by atoms with E-state index < -0.39 is 0 Å². The van der Waals surface area contributed by atoms with Gasteiger partial charge in [0, 0.05) is 11.0 Å². The molecule has 2 aromatic rings. The molecule has 0 amide bonds. The van der Waals surface area contributed by atoms with E-state index in [-0.39, 0.29) is 0 Å². The van der Waals surface area contributed by atoms with E-state index in [1.165, 1.54) is 5.56 Å². The molecule has 6 heteroatoms. The third-order valence-corrected chi connectivity index (χ3v) is 5.46. The van der Waals surface area contributed by atoms with Crippen LogP contribution in [-0.4, -0.2) is 0 Å². The van der Waals surface area contributed by atoms with E-state index in [2.05, 4.69) is 48.6 Å². The van der Waals surface area contributed by atoms with Crippen LogP contribution in [0.5, 0.6) is 0 Å². The first-order chi connectivity index (χ1) is 8.08. The topological polar surface area (TPSA) is 12.0 Å². The monoisotopic (exact) mass is 413 g/mol. The van der Waals surface area contributed by atoms with Crippen molar-refractivity contribution in [2.45, 2.75) is 6.54 Å². The number of thiophene rings is 1. The van der Waals surface area contributed by atoms with Gasteiger partial charge in [0.05, 0.1) is 19.5 Å². The van der Waals surface area contributed by atoms with E-state index in [1.807, 2.05) is 12.1 Å². The molecule has 0 saturated carbocycles. The lowest BCUT2D eigenvalue weighted by Crippen LogP contribution is -1.98. The van der Waals surface area contributed by atoms with Gasteiger partial charge in [-0.15, -0.1) is 11.3 Å². The largest absolute Gasteiger partial charge is 0.380 e. The van der Waals surface area contributed by atoms with E-state index in [0.29, 0.717) is 10.0 Å². The predicted molar refractivity (Wildman–Crippen MR) is 83.5 cm³/mol. The van der Waals surface area contributed by atoms with Crippen molar-refractivity contribution in [3.05, 3.63) is 47.4 Å². The molecule has 0 atom stereocenters. The van der Waals surface area contributed by atoms with Gasteiger partial charge in [0.25, 0.3) is 0 Å². The molecule has 1 heterocycles. The summed E-state index contributed by atoms with van der Waals surface area (Å²) in [7, 11) is 0. The highest BCUT2D eigenvalue weighted by atomic mass is 79.9. The van der Waals surface area contributed by atoms with Gasteiger partial charge in [-0.2, -0.15) is 0 Å². The summed E-state index contributed by atoms with van der Waals surface area (Å²) < 4.78 is 1.92. The summed E-state index contributed by atoms with van der Waals surface area (Å²) in [6, 6.07) is 5.85. The molecule has 0 aliphatic rings. The van der Waals surface area contributed by atoms with Crippen molar-refractivity contribution < 1.29 is 0 Å². The smallest absolute Gasteiger partial charge is 0.0835 e. The zero-order chi connectivity index (χ0) is 12.4. The fourth-order valence-corrected chi connectivity index (χ4v) is 3.35. The van der Waals surface area contributed by atoms with Crippen LogP contribution in [0.4, 0.5) is 5.69 Å². The summed E-state index contributed by atoms with van der Waals surface area (Å²) in [5, 5.41) is 6.42. The Labute approximate surface area is 130 Å². The fraction of sp³-hybridized carbons (Fsp3) is 0.0909. The average Bonchev–Trinajstić information content (AvgIpc) is 2.71. The van der Waals surface area contributed by atoms with Gasteiger partial charge in [-0.1, -0.05) is 23.2 Å². The Balaban J connectivity index is 2.12. The summed E-state index contributed by atoms with van der Waals surface area (Å²) in [6.07, 6.45) is 0. The molecule has 90 valence electrons. The molecule has 0 aliphatic heterocycles. The normalized spacial score (nSPS) is 10.6. The second kappa shape index (κ2) is 5.93. The maximum Gasteiger partial charge on any atom is 0.0835 e. The third-order valence-electron chi connectivity index (χ3n) is 2.14. The molecule has 0 spiro atoms. The van der Waals surface area contributed by atoms with Crippen molar-refractivity contribution >= 4 is 72.1 Å². The Hall–Kier alpha value is 0.260. The average molecular weight is 416 g/mol. The lowest BCUT2D eigenvalue weighted by atomic mass is 10.3. The third kappa shape index (κ3) is 3.38. The van der Waals surface area contributed by atoms with Crippen LogP contribution < -0.4 is 5.32 Å². The van der Waals surface area contributed by atoms with Gasteiger partial charge < -0.3 is 5.32 Å². The van der Waals surface area contributed by atoms with Crippen LogP contribution in [0, 0.1) is 0 Å². The summed E-state index contributed by atoms with van der Waals surface area (Å²) in [5.41, 5.74) is 2.04. The van der Waals surface area contributed by atoms with Crippen LogP contribution >= 0.6 is 66.4 Å². The molecule has 17 heavy (non-hydrogen) atoms. The maximum atomic E-state index is 6.14. The molecule has 1 nitrogen and oxygen atoms in total. The zero-order valence-electron chi connectivity index (χ0n) is 8.44. The van der Waals surface area contributed by atoms with Crippen LogP contribution in [-0.2, 0) is 6.54 Å².